The quantitative estimate of drug-likeness (QED) is 0.573. The van der Waals surface area contributed by atoms with Crippen LogP contribution in [0.4, 0.5) is 0 Å². The van der Waals surface area contributed by atoms with E-state index in [-0.39, 0.29) is 0 Å². The Kier molecular flexibility index (Phi) is 13.9. The van der Waals surface area contributed by atoms with Gasteiger partial charge in [-0.05, 0) is 6.08 Å². The first-order chi connectivity index (χ1) is 5.43. The highest BCUT2D eigenvalue weighted by atomic mass is 16.5. The summed E-state index contributed by atoms with van der Waals surface area (Å²) in [5.41, 5.74) is 0. The van der Waals surface area contributed by atoms with Crippen molar-refractivity contribution in [2.45, 2.75) is 27.7 Å². The van der Waals surface area contributed by atoms with Crippen molar-refractivity contribution in [2.24, 2.45) is 4.99 Å². The van der Waals surface area contributed by atoms with Crippen molar-refractivity contribution >= 4 is 5.90 Å². The number of aliphatic imine (C=N–C) groups is 1. The lowest BCUT2D eigenvalue weighted by molar-refractivity contribution is 0.350. The molecule has 1 aliphatic heterocycles. The second-order valence-electron chi connectivity index (χ2n) is 1.27. The molecule has 0 spiro atoms. The van der Waals surface area contributed by atoms with Crippen molar-refractivity contribution in [3.63, 3.8) is 0 Å². The average molecular weight is 157 g/mol. The second kappa shape index (κ2) is 11.9. The van der Waals surface area contributed by atoms with Crippen LogP contribution in [-0.4, -0.2) is 19.0 Å². The van der Waals surface area contributed by atoms with Gasteiger partial charge in [0.05, 0.1) is 6.54 Å². The number of ether oxygens (including phenoxy) is 1. The van der Waals surface area contributed by atoms with Crippen LogP contribution < -0.4 is 0 Å². The van der Waals surface area contributed by atoms with E-state index in [0.29, 0.717) is 5.90 Å². The van der Waals surface area contributed by atoms with Gasteiger partial charge >= 0.3 is 0 Å². The monoisotopic (exact) mass is 157 g/mol. The number of nitrogens with zero attached hydrogens (tertiary/aromatic N) is 1. The molecule has 66 valence electrons. The Bertz CT molecular complexity index is 108. The molecule has 0 radical (unpaired) electrons. The second-order valence-corrected chi connectivity index (χ2v) is 1.27. The zero-order valence-corrected chi connectivity index (χ0v) is 8.05. The largest absolute Gasteiger partial charge is 0.476 e. The minimum Gasteiger partial charge on any atom is -0.476 e. The van der Waals surface area contributed by atoms with Crippen molar-refractivity contribution in [1.82, 2.24) is 0 Å². The summed E-state index contributed by atoms with van der Waals surface area (Å²) in [5.74, 6) is 0.681. The van der Waals surface area contributed by atoms with E-state index in [1.165, 1.54) is 0 Å². The van der Waals surface area contributed by atoms with Gasteiger partial charge in [0.2, 0.25) is 5.90 Å². The molecule has 0 bridgehead atoms. The smallest absolute Gasteiger partial charge is 0.208 e. The molecule has 11 heavy (non-hydrogen) atoms. The molecular formula is C9H19NO. The van der Waals surface area contributed by atoms with Crippen molar-refractivity contribution < 1.29 is 4.74 Å². The van der Waals surface area contributed by atoms with E-state index in [1.54, 1.807) is 6.08 Å². The van der Waals surface area contributed by atoms with E-state index in [1.807, 2.05) is 27.7 Å². The van der Waals surface area contributed by atoms with Gasteiger partial charge in [-0.3, -0.25) is 0 Å². The fraction of sp³-hybridized carbons (Fsp3) is 0.667. The topological polar surface area (TPSA) is 21.6 Å². The fourth-order valence-corrected chi connectivity index (χ4v) is 0.475. The van der Waals surface area contributed by atoms with Gasteiger partial charge in [-0.1, -0.05) is 34.3 Å². The Morgan fingerprint density at radius 3 is 2.09 bits per heavy atom. The average Bonchev–Trinajstić information content (AvgIpc) is 2.63. The number of hydrogen-bond donors (Lipinski definition) is 0. The van der Waals surface area contributed by atoms with Gasteiger partial charge in [0.25, 0.3) is 0 Å². The van der Waals surface area contributed by atoms with Crippen LogP contribution in [0, 0.1) is 0 Å². The van der Waals surface area contributed by atoms with Crippen LogP contribution in [0.25, 0.3) is 0 Å². The summed E-state index contributed by atoms with van der Waals surface area (Å²) in [6.45, 7) is 13.0. The SMILES string of the molecule is C=CC1=NCCO1.CC.CC. The van der Waals surface area contributed by atoms with Gasteiger partial charge in [-0.15, -0.1) is 0 Å². The van der Waals surface area contributed by atoms with Crippen molar-refractivity contribution in [2.75, 3.05) is 13.2 Å². The summed E-state index contributed by atoms with van der Waals surface area (Å²) in [6.07, 6.45) is 1.62. The summed E-state index contributed by atoms with van der Waals surface area (Å²) in [5, 5.41) is 0. The molecule has 0 aromatic rings. The lowest BCUT2D eigenvalue weighted by atomic mass is 10.6. The van der Waals surface area contributed by atoms with Crippen molar-refractivity contribution in [3.8, 4) is 0 Å². The first-order valence-electron chi connectivity index (χ1n) is 4.23. The molecule has 2 nitrogen and oxygen atoms in total. The van der Waals surface area contributed by atoms with E-state index >= 15 is 0 Å². The lowest BCUT2D eigenvalue weighted by Gasteiger charge is -1.87. The molecule has 0 aromatic heterocycles. The standard InChI is InChI=1S/C5H7NO.2C2H6/c1-2-5-6-3-4-7-5;2*1-2/h2H,1,3-4H2;2*1-2H3. The van der Waals surface area contributed by atoms with Gasteiger partial charge in [-0.25, -0.2) is 4.99 Å². The Morgan fingerprint density at radius 2 is 1.91 bits per heavy atom. The van der Waals surface area contributed by atoms with Crippen molar-refractivity contribution in [1.29, 1.82) is 0 Å². The minimum absolute atomic E-state index is 0.681. The molecule has 1 rings (SSSR count). The van der Waals surface area contributed by atoms with Gasteiger partial charge < -0.3 is 4.74 Å². The zero-order chi connectivity index (χ0) is 9.11. The Hall–Kier alpha value is -0.790. The maximum Gasteiger partial charge on any atom is 0.208 e. The first kappa shape index (κ1) is 12.8. The van der Waals surface area contributed by atoms with Crippen LogP contribution in [0.15, 0.2) is 17.6 Å². The molecule has 0 saturated heterocycles. The third kappa shape index (κ3) is 7.10. The third-order valence-electron chi connectivity index (χ3n) is 0.783. The van der Waals surface area contributed by atoms with Crippen molar-refractivity contribution in [3.05, 3.63) is 12.7 Å². The van der Waals surface area contributed by atoms with Crippen LogP contribution in [0.5, 0.6) is 0 Å². The predicted molar refractivity (Wildman–Crippen MR) is 51.1 cm³/mol. The molecule has 1 aliphatic rings. The summed E-state index contributed by atoms with van der Waals surface area (Å²) in [7, 11) is 0. The molecule has 0 atom stereocenters. The van der Waals surface area contributed by atoms with Gasteiger partial charge in [-0.2, -0.15) is 0 Å². The van der Waals surface area contributed by atoms with Gasteiger partial charge in [0.15, 0.2) is 0 Å². The molecule has 0 unspecified atom stereocenters. The molecule has 0 aromatic carbocycles. The lowest BCUT2D eigenvalue weighted by Crippen LogP contribution is -1.91. The first-order valence-corrected chi connectivity index (χ1v) is 4.23. The molecule has 0 saturated carbocycles. The van der Waals surface area contributed by atoms with Crippen LogP contribution >= 0.6 is 0 Å². The van der Waals surface area contributed by atoms with E-state index in [9.17, 15) is 0 Å². The summed E-state index contributed by atoms with van der Waals surface area (Å²) < 4.78 is 4.93. The van der Waals surface area contributed by atoms with Gasteiger partial charge in [0.1, 0.15) is 6.61 Å². The van der Waals surface area contributed by atoms with E-state index in [0.717, 1.165) is 13.2 Å². The van der Waals surface area contributed by atoms with E-state index in [2.05, 4.69) is 11.6 Å². The molecule has 0 fully saturated rings. The normalized spacial score (nSPS) is 12.5. The van der Waals surface area contributed by atoms with E-state index in [4.69, 9.17) is 4.74 Å². The Morgan fingerprint density at radius 1 is 1.36 bits per heavy atom. The fourth-order valence-electron chi connectivity index (χ4n) is 0.475. The van der Waals surface area contributed by atoms with Crippen LogP contribution in [-0.2, 0) is 4.74 Å². The maximum atomic E-state index is 4.93. The minimum atomic E-state index is 0.681. The predicted octanol–water partition coefficient (Wildman–Crippen LogP) is 2.65. The third-order valence-corrected chi connectivity index (χ3v) is 0.783. The Labute approximate surface area is 70.0 Å². The highest BCUT2D eigenvalue weighted by Crippen LogP contribution is 1.92. The van der Waals surface area contributed by atoms with Crippen LogP contribution in [0.3, 0.4) is 0 Å². The number of rotatable bonds is 1. The molecule has 0 N–H and O–H groups in total. The molecule has 2 heteroatoms. The summed E-state index contributed by atoms with van der Waals surface area (Å²) >= 11 is 0. The van der Waals surface area contributed by atoms with E-state index < -0.39 is 0 Å². The summed E-state index contributed by atoms with van der Waals surface area (Å²) in [4.78, 5) is 3.93. The zero-order valence-electron chi connectivity index (χ0n) is 8.05. The molecule has 0 aliphatic carbocycles. The molecule has 0 amide bonds. The molecule has 1 heterocycles. The van der Waals surface area contributed by atoms with Gasteiger partial charge in [0, 0.05) is 0 Å². The molecular weight excluding hydrogens is 138 g/mol. The number of hydrogen-bond acceptors (Lipinski definition) is 2. The highest BCUT2D eigenvalue weighted by Gasteiger charge is 1.98. The van der Waals surface area contributed by atoms with Crippen LogP contribution in [0.2, 0.25) is 0 Å². The maximum absolute atomic E-state index is 4.93. The Balaban J connectivity index is 0. The van der Waals surface area contributed by atoms with Crippen LogP contribution in [0.1, 0.15) is 27.7 Å². The highest BCUT2D eigenvalue weighted by molar-refractivity contribution is 5.87. The summed E-state index contributed by atoms with van der Waals surface area (Å²) in [6, 6.07) is 0.